The van der Waals surface area contributed by atoms with E-state index in [1.54, 1.807) is 18.2 Å². The number of nitrogens with two attached hydrogens (primary N) is 2. The van der Waals surface area contributed by atoms with E-state index >= 15 is 0 Å². The number of amides is 1. The minimum Gasteiger partial charge on any atom is -0.389 e. The van der Waals surface area contributed by atoms with E-state index in [1.807, 2.05) is 31.2 Å². The molecule has 19 heavy (non-hydrogen) atoms. The summed E-state index contributed by atoms with van der Waals surface area (Å²) in [4.78, 5) is 11.9. The zero-order valence-corrected chi connectivity index (χ0v) is 11.3. The first-order valence-electron chi connectivity index (χ1n) is 5.81. The van der Waals surface area contributed by atoms with Gasteiger partial charge >= 0.3 is 0 Å². The molecule has 96 valence electrons. The van der Waals surface area contributed by atoms with Crippen LogP contribution in [0, 0.1) is 6.92 Å². The zero-order chi connectivity index (χ0) is 14.0. The highest BCUT2D eigenvalue weighted by Gasteiger charge is 2.16. The number of carbonyl (C=O) groups is 1. The normalized spacial score (nSPS) is 10.2. The van der Waals surface area contributed by atoms with Gasteiger partial charge in [0, 0.05) is 16.7 Å². The van der Waals surface area contributed by atoms with Gasteiger partial charge in [-0.15, -0.1) is 0 Å². The smallest absolute Gasteiger partial charge is 0.249 e. The van der Waals surface area contributed by atoms with Crippen LogP contribution in [0.5, 0.6) is 0 Å². The molecule has 0 aromatic heterocycles. The molecule has 0 unspecified atom stereocenters. The first kappa shape index (κ1) is 13.2. The zero-order valence-electron chi connectivity index (χ0n) is 10.5. The molecule has 4 N–H and O–H groups in total. The van der Waals surface area contributed by atoms with E-state index in [4.69, 9.17) is 23.7 Å². The van der Waals surface area contributed by atoms with Crippen LogP contribution in [0.15, 0.2) is 42.5 Å². The molecule has 2 aromatic rings. The summed E-state index contributed by atoms with van der Waals surface area (Å²) in [6.45, 7) is 1.97. The van der Waals surface area contributed by atoms with Crippen molar-refractivity contribution < 1.29 is 4.79 Å². The molecule has 0 saturated heterocycles. The van der Waals surface area contributed by atoms with Gasteiger partial charge in [-0.1, -0.05) is 48.6 Å². The molecule has 0 saturated carbocycles. The number of rotatable bonds is 3. The van der Waals surface area contributed by atoms with Gasteiger partial charge in [-0.2, -0.15) is 0 Å². The van der Waals surface area contributed by atoms with Gasteiger partial charge in [0.15, 0.2) is 0 Å². The lowest BCUT2D eigenvalue weighted by Gasteiger charge is -2.14. The minimum atomic E-state index is -0.489. The van der Waals surface area contributed by atoms with Gasteiger partial charge in [-0.3, -0.25) is 4.79 Å². The fourth-order valence-electron chi connectivity index (χ4n) is 2.11. The maximum atomic E-state index is 11.6. The van der Waals surface area contributed by atoms with Gasteiger partial charge < -0.3 is 11.5 Å². The van der Waals surface area contributed by atoms with Crippen LogP contribution in [-0.2, 0) is 0 Å². The van der Waals surface area contributed by atoms with Gasteiger partial charge in [-0.25, -0.2) is 0 Å². The number of hydrogen-bond acceptors (Lipinski definition) is 2. The van der Waals surface area contributed by atoms with Crippen LogP contribution < -0.4 is 11.5 Å². The van der Waals surface area contributed by atoms with Crippen LogP contribution in [0.1, 0.15) is 21.5 Å². The predicted octanol–water partition coefficient (Wildman–Crippen LogP) is 2.40. The van der Waals surface area contributed by atoms with E-state index < -0.39 is 5.91 Å². The molecule has 1 amide bonds. The summed E-state index contributed by atoms with van der Waals surface area (Å²) in [6, 6.07) is 13.0. The summed E-state index contributed by atoms with van der Waals surface area (Å²) in [5, 5.41) is 0. The van der Waals surface area contributed by atoms with Crippen LogP contribution in [0.3, 0.4) is 0 Å². The second-order valence-electron chi connectivity index (χ2n) is 4.27. The molecule has 0 radical (unpaired) electrons. The van der Waals surface area contributed by atoms with Crippen molar-refractivity contribution in [2.75, 3.05) is 0 Å². The molecule has 0 spiro atoms. The Morgan fingerprint density at radius 1 is 1.00 bits per heavy atom. The van der Waals surface area contributed by atoms with Crippen molar-refractivity contribution in [2.45, 2.75) is 6.92 Å². The second kappa shape index (κ2) is 5.20. The first-order valence-corrected chi connectivity index (χ1v) is 6.22. The molecule has 0 heterocycles. The molecule has 0 aliphatic carbocycles. The largest absolute Gasteiger partial charge is 0.389 e. The third-order valence-electron chi connectivity index (χ3n) is 3.01. The summed E-state index contributed by atoms with van der Waals surface area (Å²) in [6.07, 6.45) is 0. The number of hydrogen-bond donors (Lipinski definition) is 2. The van der Waals surface area contributed by atoms with Crippen LogP contribution in [-0.4, -0.2) is 10.9 Å². The second-order valence-corrected chi connectivity index (χ2v) is 4.71. The van der Waals surface area contributed by atoms with Crippen molar-refractivity contribution in [3.8, 4) is 11.1 Å². The SMILES string of the molecule is Cc1ccccc1-c1c(C(N)=O)cccc1C(N)=S. The Balaban J connectivity index is 2.83. The lowest BCUT2D eigenvalue weighted by Crippen LogP contribution is -2.17. The minimum absolute atomic E-state index is 0.251. The highest BCUT2D eigenvalue weighted by atomic mass is 32.1. The average molecular weight is 270 g/mol. The maximum Gasteiger partial charge on any atom is 0.249 e. The Morgan fingerprint density at radius 3 is 2.21 bits per heavy atom. The number of carbonyl (C=O) groups excluding carboxylic acids is 1. The van der Waals surface area contributed by atoms with Crippen molar-refractivity contribution in [2.24, 2.45) is 11.5 Å². The molecule has 4 heteroatoms. The van der Waals surface area contributed by atoms with Crippen LogP contribution >= 0.6 is 12.2 Å². The maximum absolute atomic E-state index is 11.6. The molecule has 0 atom stereocenters. The van der Waals surface area contributed by atoms with Crippen molar-refractivity contribution in [1.29, 1.82) is 0 Å². The Hall–Kier alpha value is -2.20. The Morgan fingerprint density at radius 2 is 1.63 bits per heavy atom. The summed E-state index contributed by atoms with van der Waals surface area (Å²) in [5.74, 6) is -0.489. The Kier molecular flexibility index (Phi) is 3.62. The topological polar surface area (TPSA) is 69.1 Å². The standard InChI is InChI=1S/C15H14N2OS/c1-9-5-2-3-6-10(9)13-11(14(16)18)7-4-8-12(13)15(17)19/h2-8H,1H3,(H2,16,18)(H2,17,19). The molecule has 2 aromatic carbocycles. The van der Waals surface area contributed by atoms with Crippen molar-refractivity contribution in [3.63, 3.8) is 0 Å². The van der Waals surface area contributed by atoms with Crippen LogP contribution in [0.25, 0.3) is 11.1 Å². The number of aryl methyl sites for hydroxylation is 1. The molecule has 0 fully saturated rings. The number of benzene rings is 2. The van der Waals surface area contributed by atoms with Crippen molar-refractivity contribution in [3.05, 3.63) is 59.2 Å². The molecule has 3 nitrogen and oxygen atoms in total. The van der Waals surface area contributed by atoms with Gasteiger partial charge in [0.1, 0.15) is 4.99 Å². The van der Waals surface area contributed by atoms with Gasteiger partial charge in [-0.05, 0) is 24.1 Å². The van der Waals surface area contributed by atoms with Crippen LogP contribution in [0.2, 0.25) is 0 Å². The molecule has 2 rings (SSSR count). The van der Waals surface area contributed by atoms with E-state index in [9.17, 15) is 4.79 Å². The Labute approximate surface area is 117 Å². The van der Waals surface area contributed by atoms with Gasteiger partial charge in [0.25, 0.3) is 0 Å². The van der Waals surface area contributed by atoms with E-state index in [-0.39, 0.29) is 4.99 Å². The number of thiocarbonyl (C=S) groups is 1. The highest BCUT2D eigenvalue weighted by molar-refractivity contribution is 7.80. The number of primary amides is 1. The quantitative estimate of drug-likeness (QED) is 0.841. The Bertz CT molecular complexity index is 633. The summed E-state index contributed by atoms with van der Waals surface area (Å²) in [7, 11) is 0. The van der Waals surface area contributed by atoms with E-state index in [2.05, 4.69) is 0 Å². The summed E-state index contributed by atoms with van der Waals surface area (Å²) in [5.41, 5.74) is 15.0. The molecular formula is C15H14N2OS. The third kappa shape index (κ3) is 2.48. The summed E-state index contributed by atoms with van der Waals surface area (Å²) >= 11 is 5.06. The van der Waals surface area contributed by atoms with Gasteiger partial charge in [0.2, 0.25) is 5.91 Å². The fourth-order valence-corrected chi connectivity index (χ4v) is 2.28. The monoisotopic (exact) mass is 270 g/mol. The summed E-state index contributed by atoms with van der Waals surface area (Å²) < 4.78 is 0. The predicted molar refractivity (Wildman–Crippen MR) is 81.0 cm³/mol. The van der Waals surface area contributed by atoms with E-state index in [0.29, 0.717) is 16.7 Å². The van der Waals surface area contributed by atoms with Gasteiger partial charge in [0.05, 0.1) is 0 Å². The molecular weight excluding hydrogens is 256 g/mol. The lowest BCUT2D eigenvalue weighted by molar-refractivity contribution is 0.100. The molecule has 0 aliphatic rings. The van der Waals surface area contributed by atoms with Crippen molar-refractivity contribution in [1.82, 2.24) is 0 Å². The molecule has 0 bridgehead atoms. The van der Waals surface area contributed by atoms with E-state index in [0.717, 1.165) is 11.1 Å². The van der Waals surface area contributed by atoms with Crippen molar-refractivity contribution >= 4 is 23.1 Å². The lowest BCUT2D eigenvalue weighted by atomic mass is 9.91. The highest BCUT2D eigenvalue weighted by Crippen LogP contribution is 2.30. The molecule has 0 aliphatic heterocycles. The van der Waals surface area contributed by atoms with E-state index in [1.165, 1.54) is 0 Å². The third-order valence-corrected chi connectivity index (χ3v) is 3.23. The van der Waals surface area contributed by atoms with Crippen LogP contribution in [0.4, 0.5) is 0 Å². The first-order chi connectivity index (χ1) is 9.02. The fraction of sp³-hybridized carbons (Fsp3) is 0.0667. The average Bonchev–Trinajstić information content (AvgIpc) is 2.38.